The van der Waals surface area contributed by atoms with Gasteiger partial charge in [-0.25, -0.2) is 4.79 Å². The first-order valence-electron chi connectivity index (χ1n) is 15.5. The normalized spacial score (nSPS) is 26.9. The molecule has 12 nitrogen and oxygen atoms in total. The van der Waals surface area contributed by atoms with Gasteiger partial charge in [-0.1, -0.05) is 90.9 Å². The molecule has 0 unspecified atom stereocenters. The molecule has 0 aromatic heterocycles. The van der Waals surface area contributed by atoms with E-state index in [1.807, 2.05) is 0 Å². The zero-order valence-corrected chi connectivity index (χ0v) is 25.1. The summed E-state index contributed by atoms with van der Waals surface area (Å²) in [5, 5.41) is 59.8. The number of aliphatic hydroxyl groups is 6. The van der Waals surface area contributed by atoms with Gasteiger partial charge in [0.25, 0.3) is 0 Å². The second-order valence-electron chi connectivity index (χ2n) is 11.8. The van der Waals surface area contributed by atoms with Crippen molar-refractivity contribution in [2.24, 2.45) is 5.92 Å². The van der Waals surface area contributed by atoms with Gasteiger partial charge in [-0.15, -0.1) is 0 Å². The van der Waals surface area contributed by atoms with Gasteiger partial charge in [0.1, 0.15) is 37.1 Å². The van der Waals surface area contributed by atoms with Crippen molar-refractivity contribution in [3.05, 3.63) is 11.5 Å². The van der Waals surface area contributed by atoms with E-state index in [9.17, 15) is 40.2 Å². The topological polar surface area (TPSA) is 192 Å². The molecule has 7 atom stereocenters. The summed E-state index contributed by atoms with van der Waals surface area (Å²) in [6, 6.07) is 0. The number of unbranched alkanes of at least 4 members (excludes halogenated alkanes) is 11. The Labute approximate surface area is 248 Å². The van der Waals surface area contributed by atoms with Gasteiger partial charge in [0.05, 0.1) is 6.61 Å². The molecule has 1 saturated heterocycles. The van der Waals surface area contributed by atoms with Crippen LogP contribution in [0.3, 0.4) is 0 Å². The predicted molar refractivity (Wildman–Crippen MR) is 151 cm³/mol. The van der Waals surface area contributed by atoms with Crippen LogP contribution in [0.25, 0.3) is 0 Å². The third-order valence-corrected chi connectivity index (χ3v) is 7.68. The van der Waals surface area contributed by atoms with Crippen LogP contribution >= 0.6 is 0 Å². The molecule has 12 heteroatoms. The van der Waals surface area contributed by atoms with E-state index in [1.54, 1.807) is 0 Å². The second kappa shape index (κ2) is 19.3. The van der Waals surface area contributed by atoms with Gasteiger partial charge in [0, 0.05) is 6.42 Å². The fraction of sp³-hybridized carbons (Fsp3) is 0.867. The molecule has 1 fully saturated rings. The van der Waals surface area contributed by atoms with E-state index in [2.05, 4.69) is 13.8 Å². The zero-order valence-electron chi connectivity index (χ0n) is 25.1. The minimum Gasteiger partial charge on any atom is -0.505 e. The van der Waals surface area contributed by atoms with Gasteiger partial charge in [-0.05, 0) is 12.3 Å². The van der Waals surface area contributed by atoms with Gasteiger partial charge in [0.15, 0.2) is 11.9 Å². The van der Waals surface area contributed by atoms with Crippen molar-refractivity contribution in [3.63, 3.8) is 0 Å². The van der Waals surface area contributed by atoms with Crippen molar-refractivity contribution in [1.29, 1.82) is 0 Å². The third kappa shape index (κ3) is 12.0. The van der Waals surface area contributed by atoms with E-state index in [1.165, 1.54) is 57.8 Å². The fourth-order valence-electron chi connectivity index (χ4n) is 5.04. The van der Waals surface area contributed by atoms with Crippen LogP contribution in [-0.2, 0) is 28.5 Å². The Balaban J connectivity index is 1.58. The SMILES string of the molecule is CC(C)CCCCCCCCCCCCCCC(=O)OC[C@H](O)[C@H]1OC(=O)C(O[C@@H]2O[C@H](CO)[C@@H](O)[C@H](O)[C@H]2O)=C1O. The Kier molecular flexibility index (Phi) is 16.7. The van der Waals surface area contributed by atoms with Crippen molar-refractivity contribution < 1.29 is 59.2 Å². The summed E-state index contributed by atoms with van der Waals surface area (Å²) in [7, 11) is 0. The summed E-state index contributed by atoms with van der Waals surface area (Å²) >= 11 is 0. The number of hydrogen-bond donors (Lipinski definition) is 6. The average Bonchev–Trinajstić information content (AvgIpc) is 3.24. The highest BCUT2D eigenvalue weighted by Crippen LogP contribution is 2.29. The molecule has 0 saturated carbocycles. The van der Waals surface area contributed by atoms with Crippen LogP contribution in [0.2, 0.25) is 0 Å². The van der Waals surface area contributed by atoms with Crippen LogP contribution in [0.4, 0.5) is 0 Å². The first-order valence-corrected chi connectivity index (χ1v) is 15.5. The highest BCUT2D eigenvalue weighted by molar-refractivity contribution is 5.89. The molecule has 0 radical (unpaired) electrons. The van der Waals surface area contributed by atoms with Crippen molar-refractivity contribution in [1.82, 2.24) is 0 Å². The van der Waals surface area contributed by atoms with Crippen molar-refractivity contribution in [3.8, 4) is 0 Å². The van der Waals surface area contributed by atoms with Crippen LogP contribution in [0.1, 0.15) is 104 Å². The number of hydrogen-bond acceptors (Lipinski definition) is 12. The van der Waals surface area contributed by atoms with Crippen LogP contribution in [0.15, 0.2) is 11.5 Å². The Bertz CT molecular complexity index is 829. The Morgan fingerprint density at radius 2 is 1.40 bits per heavy atom. The summed E-state index contributed by atoms with van der Waals surface area (Å²) in [4.78, 5) is 24.3. The number of ether oxygens (including phenoxy) is 4. The molecule has 0 aromatic carbocycles. The minimum atomic E-state index is -1.82. The Morgan fingerprint density at radius 1 is 0.857 bits per heavy atom. The van der Waals surface area contributed by atoms with Crippen LogP contribution < -0.4 is 0 Å². The molecule has 0 bridgehead atoms. The Morgan fingerprint density at radius 3 is 1.95 bits per heavy atom. The first-order chi connectivity index (χ1) is 20.1. The van der Waals surface area contributed by atoms with E-state index in [4.69, 9.17) is 18.9 Å². The van der Waals surface area contributed by atoms with Gasteiger partial charge >= 0.3 is 11.9 Å². The first kappa shape index (κ1) is 36.2. The van der Waals surface area contributed by atoms with E-state index < -0.39 is 79.6 Å². The maximum absolute atomic E-state index is 12.2. The third-order valence-electron chi connectivity index (χ3n) is 7.68. The molecule has 0 aromatic rings. The number of rotatable bonds is 21. The molecule has 0 aliphatic carbocycles. The summed E-state index contributed by atoms with van der Waals surface area (Å²) in [6.45, 7) is 3.29. The summed E-state index contributed by atoms with van der Waals surface area (Å²) < 4.78 is 20.3. The number of carbonyl (C=O) groups is 2. The molecular weight excluding hydrogens is 552 g/mol. The van der Waals surface area contributed by atoms with Crippen molar-refractivity contribution in [2.45, 2.75) is 147 Å². The van der Waals surface area contributed by atoms with E-state index in [0.29, 0.717) is 6.42 Å². The minimum absolute atomic E-state index is 0.182. The number of cyclic esters (lactones) is 1. The van der Waals surface area contributed by atoms with Gasteiger partial charge < -0.3 is 49.6 Å². The summed E-state index contributed by atoms with van der Waals surface area (Å²) in [6.07, 6.45) is 4.20. The summed E-state index contributed by atoms with van der Waals surface area (Å²) in [5.41, 5.74) is 0. The zero-order chi connectivity index (χ0) is 31.1. The van der Waals surface area contributed by atoms with Crippen LogP contribution in [0.5, 0.6) is 0 Å². The maximum Gasteiger partial charge on any atom is 0.378 e. The second-order valence-corrected chi connectivity index (χ2v) is 11.8. The van der Waals surface area contributed by atoms with Gasteiger partial charge in [-0.2, -0.15) is 0 Å². The van der Waals surface area contributed by atoms with Crippen LogP contribution in [-0.4, -0.2) is 98.7 Å². The van der Waals surface area contributed by atoms with Crippen molar-refractivity contribution in [2.75, 3.05) is 13.2 Å². The molecule has 2 heterocycles. The lowest BCUT2D eigenvalue weighted by atomic mass is 9.99. The average molecular weight is 605 g/mol. The summed E-state index contributed by atoms with van der Waals surface area (Å²) in [5.74, 6) is -2.50. The number of aliphatic hydroxyl groups excluding tert-OH is 6. The molecule has 42 heavy (non-hydrogen) atoms. The van der Waals surface area contributed by atoms with Crippen molar-refractivity contribution >= 4 is 11.9 Å². The number of carbonyl (C=O) groups excluding carboxylic acids is 2. The monoisotopic (exact) mass is 604 g/mol. The molecule has 2 rings (SSSR count). The quantitative estimate of drug-likeness (QED) is 0.0830. The number of esters is 2. The molecule has 2 aliphatic heterocycles. The molecule has 6 N–H and O–H groups in total. The highest BCUT2D eigenvalue weighted by atomic mass is 16.7. The van der Waals surface area contributed by atoms with Gasteiger partial charge in [0.2, 0.25) is 12.0 Å². The standard InChI is InChI=1S/C30H52O12/c1-19(2)15-13-11-9-7-5-3-4-6-8-10-12-14-16-22(33)39-18-20(32)27-26(37)28(29(38)41-27)42-30-25(36)24(35)23(34)21(17-31)40-30/h19-21,23-25,27,30-32,34-37H,3-18H2,1-2H3/t20-,21+,23+,24-,25+,27+,30-/m0/s1. The fourth-order valence-corrected chi connectivity index (χ4v) is 5.04. The van der Waals surface area contributed by atoms with E-state index in [-0.39, 0.29) is 6.42 Å². The lowest BCUT2D eigenvalue weighted by Gasteiger charge is -2.39. The molecule has 0 amide bonds. The molecule has 2 aliphatic rings. The van der Waals surface area contributed by atoms with E-state index >= 15 is 0 Å². The smallest absolute Gasteiger partial charge is 0.378 e. The molecular formula is C30H52O12. The molecule has 0 spiro atoms. The Hall–Kier alpha value is -1.96. The maximum atomic E-state index is 12.2. The van der Waals surface area contributed by atoms with Crippen LogP contribution in [0, 0.1) is 5.92 Å². The van der Waals surface area contributed by atoms with E-state index in [0.717, 1.165) is 25.2 Å². The highest BCUT2D eigenvalue weighted by Gasteiger charge is 2.48. The van der Waals surface area contributed by atoms with Gasteiger partial charge in [-0.3, -0.25) is 4.79 Å². The largest absolute Gasteiger partial charge is 0.505 e. The predicted octanol–water partition coefficient (Wildman–Crippen LogP) is 2.52. The molecule has 244 valence electrons. The lowest BCUT2D eigenvalue weighted by Crippen LogP contribution is -2.59. The lowest BCUT2D eigenvalue weighted by molar-refractivity contribution is -0.291.